The van der Waals surface area contributed by atoms with Crippen LogP contribution in [0.4, 0.5) is 10.6 Å². The van der Waals surface area contributed by atoms with Crippen LogP contribution in [0, 0.1) is 0 Å². The van der Waals surface area contributed by atoms with Crippen molar-refractivity contribution in [1.82, 2.24) is 24.5 Å². The summed E-state index contributed by atoms with van der Waals surface area (Å²) in [6.45, 7) is 10.2. The highest BCUT2D eigenvalue weighted by atomic mass is 16.6. The molecule has 1 fully saturated rings. The lowest BCUT2D eigenvalue weighted by molar-refractivity contribution is 0.0240. The summed E-state index contributed by atoms with van der Waals surface area (Å²) in [6, 6.07) is 7.31. The molecule has 0 aliphatic carbocycles. The number of carbonyl (C=O) groups excluding carboxylic acids is 1. The van der Waals surface area contributed by atoms with Gasteiger partial charge in [0.15, 0.2) is 11.4 Å². The van der Waals surface area contributed by atoms with E-state index in [1.807, 2.05) is 45.9 Å². The Morgan fingerprint density at radius 2 is 1.94 bits per heavy atom. The number of furan rings is 1. The van der Waals surface area contributed by atoms with E-state index in [1.165, 1.54) is 0 Å². The maximum atomic E-state index is 12.4. The SMILES string of the molecule is CC(N)COc1ccc2ncc(-c3cc4c(N5CCN(C(=O)OC(C)(C)C)CC5)nccc4o3)n2n1. The maximum absolute atomic E-state index is 12.4. The Labute approximate surface area is 208 Å². The van der Waals surface area contributed by atoms with Crippen LogP contribution in [0.2, 0.25) is 0 Å². The van der Waals surface area contributed by atoms with Crippen molar-refractivity contribution in [2.75, 3.05) is 37.7 Å². The van der Waals surface area contributed by atoms with E-state index >= 15 is 0 Å². The molecule has 1 aliphatic rings. The quantitative estimate of drug-likeness (QED) is 0.446. The van der Waals surface area contributed by atoms with Crippen LogP contribution in [-0.4, -0.2) is 75.0 Å². The van der Waals surface area contributed by atoms with Crippen molar-refractivity contribution in [3.05, 3.63) is 36.7 Å². The van der Waals surface area contributed by atoms with E-state index in [4.69, 9.17) is 19.6 Å². The first-order valence-electron chi connectivity index (χ1n) is 12.0. The summed E-state index contributed by atoms with van der Waals surface area (Å²) in [5, 5.41) is 5.44. The molecule has 2 N–H and O–H groups in total. The van der Waals surface area contributed by atoms with Crippen molar-refractivity contribution in [2.24, 2.45) is 5.73 Å². The molecule has 190 valence electrons. The number of pyridine rings is 1. The number of nitrogens with two attached hydrogens (primary N) is 1. The molecule has 0 bridgehead atoms. The lowest BCUT2D eigenvalue weighted by Crippen LogP contribution is -2.50. The Morgan fingerprint density at radius 1 is 1.17 bits per heavy atom. The smallest absolute Gasteiger partial charge is 0.410 e. The second-order valence-corrected chi connectivity index (χ2v) is 9.98. The van der Waals surface area contributed by atoms with E-state index in [2.05, 4.69) is 20.0 Å². The van der Waals surface area contributed by atoms with Crippen molar-refractivity contribution in [1.29, 1.82) is 0 Å². The van der Waals surface area contributed by atoms with Crippen LogP contribution in [0.25, 0.3) is 28.1 Å². The van der Waals surface area contributed by atoms with Crippen LogP contribution in [0.3, 0.4) is 0 Å². The molecular weight excluding hydrogens is 462 g/mol. The Morgan fingerprint density at radius 3 is 2.67 bits per heavy atom. The molecule has 5 rings (SSSR count). The molecule has 11 nitrogen and oxygen atoms in total. The van der Waals surface area contributed by atoms with Crippen LogP contribution >= 0.6 is 0 Å². The van der Waals surface area contributed by atoms with Gasteiger partial charge in [-0.2, -0.15) is 0 Å². The number of nitrogens with zero attached hydrogens (tertiary/aromatic N) is 6. The Bertz CT molecular complexity index is 1380. The van der Waals surface area contributed by atoms with Gasteiger partial charge in [-0.25, -0.2) is 19.3 Å². The number of aromatic nitrogens is 4. The normalized spacial score (nSPS) is 15.5. The van der Waals surface area contributed by atoms with Gasteiger partial charge in [-0.3, -0.25) is 0 Å². The molecule has 4 aromatic heterocycles. The van der Waals surface area contributed by atoms with Gasteiger partial charge in [0.25, 0.3) is 0 Å². The second-order valence-electron chi connectivity index (χ2n) is 9.98. The predicted molar refractivity (Wildman–Crippen MR) is 135 cm³/mol. The molecule has 1 aliphatic heterocycles. The van der Waals surface area contributed by atoms with E-state index in [-0.39, 0.29) is 12.1 Å². The van der Waals surface area contributed by atoms with Crippen molar-refractivity contribution >= 4 is 28.5 Å². The molecule has 1 saturated heterocycles. The third-order valence-corrected chi connectivity index (χ3v) is 5.74. The Hall–Kier alpha value is -3.86. The molecule has 0 saturated carbocycles. The van der Waals surface area contributed by atoms with Gasteiger partial charge >= 0.3 is 6.09 Å². The highest BCUT2D eigenvalue weighted by Crippen LogP contribution is 2.33. The second kappa shape index (κ2) is 9.30. The molecule has 4 aromatic rings. The number of fused-ring (bicyclic) bond motifs is 2. The number of ether oxygens (including phenoxy) is 2. The van der Waals surface area contributed by atoms with Crippen LogP contribution in [0.5, 0.6) is 5.88 Å². The number of imidazole rings is 1. The zero-order valence-corrected chi connectivity index (χ0v) is 21.0. The van der Waals surface area contributed by atoms with Gasteiger partial charge in [-0.05, 0) is 45.9 Å². The molecule has 36 heavy (non-hydrogen) atoms. The summed E-state index contributed by atoms with van der Waals surface area (Å²) in [4.78, 5) is 25.4. The number of rotatable bonds is 5. The average molecular weight is 494 g/mol. The van der Waals surface area contributed by atoms with Gasteiger partial charge in [-0.15, -0.1) is 5.10 Å². The number of hydrogen-bond acceptors (Lipinski definition) is 9. The lowest BCUT2D eigenvalue weighted by Gasteiger charge is -2.36. The third-order valence-electron chi connectivity index (χ3n) is 5.74. The van der Waals surface area contributed by atoms with Crippen LogP contribution in [0.1, 0.15) is 27.7 Å². The highest BCUT2D eigenvalue weighted by molar-refractivity contribution is 5.92. The summed E-state index contributed by atoms with van der Waals surface area (Å²) < 4.78 is 19.1. The fourth-order valence-electron chi connectivity index (χ4n) is 4.07. The first-order valence-corrected chi connectivity index (χ1v) is 12.0. The van der Waals surface area contributed by atoms with Crippen molar-refractivity contribution in [3.8, 4) is 17.3 Å². The Kier molecular flexibility index (Phi) is 6.17. The molecule has 0 radical (unpaired) electrons. The first-order chi connectivity index (χ1) is 17.2. The van der Waals surface area contributed by atoms with Crippen molar-refractivity contribution in [3.63, 3.8) is 0 Å². The number of anilines is 1. The molecule has 5 heterocycles. The van der Waals surface area contributed by atoms with Crippen LogP contribution in [0.15, 0.2) is 41.1 Å². The molecule has 0 aromatic carbocycles. The Balaban J connectivity index is 1.39. The lowest BCUT2D eigenvalue weighted by atomic mass is 10.2. The molecule has 1 amide bonds. The average Bonchev–Trinajstić information content (AvgIpc) is 3.45. The fraction of sp³-hybridized carbons (Fsp3) is 0.440. The first kappa shape index (κ1) is 23.9. The number of amides is 1. The third kappa shape index (κ3) is 4.92. The van der Waals surface area contributed by atoms with E-state index in [0.29, 0.717) is 61.4 Å². The molecule has 1 unspecified atom stereocenters. The highest BCUT2D eigenvalue weighted by Gasteiger charge is 2.27. The van der Waals surface area contributed by atoms with Crippen molar-refractivity contribution < 1.29 is 18.7 Å². The van der Waals surface area contributed by atoms with E-state index in [1.54, 1.807) is 27.9 Å². The summed E-state index contributed by atoms with van der Waals surface area (Å²) in [6.07, 6.45) is 3.17. The molecule has 0 spiro atoms. The predicted octanol–water partition coefficient (Wildman–Crippen LogP) is 3.32. The molecule has 11 heteroatoms. The topological polar surface area (TPSA) is 124 Å². The van der Waals surface area contributed by atoms with Gasteiger partial charge in [0.2, 0.25) is 5.88 Å². The monoisotopic (exact) mass is 493 g/mol. The number of piperazine rings is 1. The number of carbonyl (C=O) groups is 1. The number of hydrogen-bond donors (Lipinski definition) is 1. The minimum absolute atomic E-state index is 0.1000. The molecule has 1 atom stereocenters. The minimum Gasteiger partial charge on any atom is -0.475 e. The van der Waals surface area contributed by atoms with Gasteiger partial charge in [0, 0.05) is 44.5 Å². The maximum Gasteiger partial charge on any atom is 0.410 e. The minimum atomic E-state index is -0.517. The van der Waals surface area contributed by atoms with Gasteiger partial charge < -0.3 is 29.4 Å². The fourth-order valence-corrected chi connectivity index (χ4v) is 4.07. The zero-order valence-electron chi connectivity index (χ0n) is 21.0. The largest absolute Gasteiger partial charge is 0.475 e. The summed E-state index contributed by atoms with van der Waals surface area (Å²) in [5.41, 5.74) is 7.37. The van der Waals surface area contributed by atoms with Gasteiger partial charge in [0.1, 0.15) is 29.3 Å². The van der Waals surface area contributed by atoms with E-state index in [0.717, 1.165) is 11.2 Å². The van der Waals surface area contributed by atoms with E-state index in [9.17, 15) is 4.79 Å². The van der Waals surface area contributed by atoms with Crippen LogP contribution < -0.4 is 15.4 Å². The standard InChI is InChI=1S/C25H31N7O4/c1-16(26)15-34-22-6-5-21-28-14-18(32(21)29-22)20-13-17-19(35-20)7-8-27-23(17)30-9-11-31(12-10-30)24(33)36-25(2,3)4/h5-8,13-14,16H,9-12,15,26H2,1-4H3. The molecular formula is C25H31N7O4. The van der Waals surface area contributed by atoms with Gasteiger partial charge in [-0.1, -0.05) is 0 Å². The zero-order chi connectivity index (χ0) is 25.4. The summed E-state index contributed by atoms with van der Waals surface area (Å²) in [5.74, 6) is 1.89. The summed E-state index contributed by atoms with van der Waals surface area (Å²) >= 11 is 0. The van der Waals surface area contributed by atoms with Crippen molar-refractivity contribution in [2.45, 2.75) is 39.3 Å². The van der Waals surface area contributed by atoms with Gasteiger partial charge in [0.05, 0.1) is 11.6 Å². The van der Waals surface area contributed by atoms with Crippen LogP contribution in [-0.2, 0) is 4.74 Å². The van der Waals surface area contributed by atoms with E-state index < -0.39 is 5.60 Å². The summed E-state index contributed by atoms with van der Waals surface area (Å²) in [7, 11) is 0.